The zero-order valence-corrected chi connectivity index (χ0v) is 16.1. The van der Waals surface area contributed by atoms with Crippen molar-refractivity contribution in [3.05, 3.63) is 23.8 Å². The van der Waals surface area contributed by atoms with Gasteiger partial charge in [0.2, 0.25) is 0 Å². The Hall–Kier alpha value is -1.70. The first-order chi connectivity index (χ1) is 12.5. The first kappa shape index (κ1) is 20.0. The Morgan fingerprint density at radius 3 is 2.59 bits per heavy atom. The van der Waals surface area contributed by atoms with Crippen LogP contribution in [0.2, 0.25) is 0 Å². The molecule has 0 amide bonds. The van der Waals surface area contributed by atoms with Crippen molar-refractivity contribution in [2.45, 2.75) is 70.6 Å². The van der Waals surface area contributed by atoms with Gasteiger partial charge in [0.05, 0.1) is 17.6 Å². The van der Waals surface area contributed by atoms with Crippen molar-refractivity contribution in [1.82, 2.24) is 0 Å². The number of hydrogen-bond acceptors (Lipinski definition) is 7. The molecule has 3 fully saturated rings. The average Bonchev–Trinajstić information content (AvgIpc) is 2.89. The van der Waals surface area contributed by atoms with Gasteiger partial charge >= 0.3 is 11.9 Å². The predicted molar refractivity (Wildman–Crippen MR) is 95.3 cm³/mol. The summed E-state index contributed by atoms with van der Waals surface area (Å²) in [5.74, 6) is -2.77. The topological polar surface area (TPSA) is 113 Å². The van der Waals surface area contributed by atoms with Gasteiger partial charge in [-0.05, 0) is 33.6 Å². The molecule has 7 heteroatoms. The first-order valence-corrected chi connectivity index (χ1v) is 9.29. The van der Waals surface area contributed by atoms with E-state index in [-0.39, 0.29) is 12.0 Å². The van der Waals surface area contributed by atoms with E-state index in [2.05, 4.69) is 6.58 Å². The minimum atomic E-state index is -1.30. The van der Waals surface area contributed by atoms with Gasteiger partial charge in [0.25, 0.3) is 0 Å². The number of hydrogen-bond donors (Lipinski definition) is 3. The third-order valence-electron chi connectivity index (χ3n) is 6.87. The second-order valence-electron chi connectivity index (χ2n) is 8.46. The number of aliphatic hydroxyl groups is 3. The van der Waals surface area contributed by atoms with E-state index in [9.17, 15) is 24.9 Å². The monoisotopic (exact) mass is 380 g/mol. The van der Waals surface area contributed by atoms with Crippen LogP contribution in [0.1, 0.15) is 40.5 Å². The lowest BCUT2D eigenvalue weighted by molar-refractivity contribution is -0.271. The number of allylic oxidation sites excluding steroid dienone is 1. The molecular formula is C20H28O7. The van der Waals surface area contributed by atoms with Gasteiger partial charge in [0.15, 0.2) is 0 Å². The lowest BCUT2D eigenvalue weighted by Gasteiger charge is -2.60. The van der Waals surface area contributed by atoms with Crippen LogP contribution in [0.15, 0.2) is 23.8 Å². The van der Waals surface area contributed by atoms with E-state index in [0.717, 1.165) is 0 Å². The molecule has 1 aliphatic heterocycles. The summed E-state index contributed by atoms with van der Waals surface area (Å²) in [5, 5.41) is 33.0. The van der Waals surface area contributed by atoms with Gasteiger partial charge in [-0.1, -0.05) is 19.6 Å². The molecule has 0 unspecified atom stereocenters. The molecule has 3 rings (SSSR count). The lowest BCUT2D eigenvalue weighted by atomic mass is 9.49. The Labute approximate surface area is 158 Å². The maximum absolute atomic E-state index is 12.4. The van der Waals surface area contributed by atoms with Gasteiger partial charge in [-0.3, -0.25) is 0 Å². The van der Waals surface area contributed by atoms with Crippen LogP contribution in [-0.4, -0.2) is 57.3 Å². The summed E-state index contributed by atoms with van der Waals surface area (Å²) in [6.07, 6.45) is -2.03. The van der Waals surface area contributed by atoms with Gasteiger partial charge in [-0.25, -0.2) is 9.59 Å². The zero-order valence-electron chi connectivity index (χ0n) is 16.1. The van der Waals surface area contributed by atoms with Gasteiger partial charge in [-0.2, -0.15) is 0 Å². The minimum Gasteiger partial charge on any atom is -0.458 e. The molecule has 8 atom stereocenters. The van der Waals surface area contributed by atoms with E-state index in [4.69, 9.17) is 9.47 Å². The largest absolute Gasteiger partial charge is 0.458 e. The number of fused-ring (bicyclic) bond motifs is 3. The highest BCUT2D eigenvalue weighted by Gasteiger charge is 2.70. The molecule has 0 radical (unpaired) electrons. The second kappa shape index (κ2) is 6.43. The first-order valence-electron chi connectivity index (χ1n) is 9.29. The van der Waals surface area contributed by atoms with Crippen LogP contribution in [0.5, 0.6) is 0 Å². The van der Waals surface area contributed by atoms with Crippen LogP contribution >= 0.6 is 0 Å². The van der Waals surface area contributed by atoms with E-state index >= 15 is 0 Å². The van der Waals surface area contributed by atoms with Gasteiger partial charge in [-0.15, -0.1) is 0 Å². The Bertz CT molecular complexity index is 709. The number of carbonyl (C=O) groups is 2. The molecule has 2 saturated carbocycles. The van der Waals surface area contributed by atoms with Crippen molar-refractivity contribution in [1.29, 1.82) is 0 Å². The SMILES string of the molecule is C=C1C(=O)O[C@@H]2[C@H]1[C@H](OC(=O)/C(C)=C\C)[C@@H](O)[C@@]1(C)[C@H](O)CC[C@](C)(O)[C@H]21. The maximum Gasteiger partial charge on any atom is 0.334 e. The highest BCUT2D eigenvalue weighted by Crippen LogP contribution is 2.59. The van der Waals surface area contributed by atoms with Crippen LogP contribution in [0.4, 0.5) is 0 Å². The molecule has 3 aliphatic rings. The third kappa shape index (κ3) is 2.75. The zero-order chi connectivity index (χ0) is 20.3. The summed E-state index contributed by atoms with van der Waals surface area (Å²) in [5.41, 5.74) is -2.02. The van der Waals surface area contributed by atoms with Crippen molar-refractivity contribution in [3.63, 3.8) is 0 Å². The summed E-state index contributed by atoms with van der Waals surface area (Å²) in [7, 11) is 0. The Morgan fingerprint density at radius 1 is 1.37 bits per heavy atom. The van der Waals surface area contributed by atoms with Crippen LogP contribution < -0.4 is 0 Å². The Kier molecular flexibility index (Phi) is 4.77. The molecule has 0 aromatic heterocycles. The number of ether oxygens (including phenoxy) is 2. The Balaban J connectivity index is 2.10. The molecule has 0 aromatic rings. The Morgan fingerprint density at radius 2 is 2.00 bits per heavy atom. The fourth-order valence-corrected chi connectivity index (χ4v) is 5.15. The molecule has 27 heavy (non-hydrogen) atoms. The van der Waals surface area contributed by atoms with Gasteiger partial charge in [0.1, 0.15) is 18.3 Å². The normalized spacial score (nSPS) is 47.1. The number of aliphatic hydroxyl groups excluding tert-OH is 2. The highest BCUT2D eigenvalue weighted by atomic mass is 16.6. The fourth-order valence-electron chi connectivity index (χ4n) is 5.15. The number of esters is 2. The van der Waals surface area contributed by atoms with E-state index in [1.807, 2.05) is 0 Å². The fraction of sp³-hybridized carbons (Fsp3) is 0.700. The number of rotatable bonds is 2. The average molecular weight is 380 g/mol. The summed E-state index contributed by atoms with van der Waals surface area (Å²) >= 11 is 0. The van der Waals surface area contributed by atoms with Crippen LogP contribution in [0, 0.1) is 17.3 Å². The predicted octanol–water partition coefficient (Wildman–Crippen LogP) is 0.865. The summed E-state index contributed by atoms with van der Waals surface area (Å²) < 4.78 is 11.1. The molecular weight excluding hydrogens is 352 g/mol. The smallest absolute Gasteiger partial charge is 0.334 e. The van der Waals surface area contributed by atoms with Crippen molar-refractivity contribution in [2.24, 2.45) is 17.3 Å². The second-order valence-corrected chi connectivity index (χ2v) is 8.46. The molecule has 0 spiro atoms. The van der Waals surface area contributed by atoms with E-state index in [1.54, 1.807) is 33.8 Å². The van der Waals surface area contributed by atoms with Gasteiger partial charge in [0, 0.05) is 22.5 Å². The van der Waals surface area contributed by atoms with Crippen LogP contribution in [0.3, 0.4) is 0 Å². The van der Waals surface area contributed by atoms with Crippen molar-refractivity contribution >= 4 is 11.9 Å². The molecule has 1 saturated heterocycles. The summed E-state index contributed by atoms with van der Waals surface area (Å²) in [6, 6.07) is 0. The molecule has 3 N–H and O–H groups in total. The van der Waals surface area contributed by atoms with Crippen LogP contribution in [-0.2, 0) is 19.1 Å². The quantitative estimate of drug-likeness (QED) is 0.481. The third-order valence-corrected chi connectivity index (χ3v) is 6.87. The maximum atomic E-state index is 12.4. The van der Waals surface area contributed by atoms with E-state index < -0.39 is 59.2 Å². The molecule has 0 bridgehead atoms. The molecule has 2 aliphatic carbocycles. The van der Waals surface area contributed by atoms with Crippen molar-refractivity contribution in [3.8, 4) is 0 Å². The van der Waals surface area contributed by atoms with E-state index in [1.165, 1.54) is 0 Å². The summed E-state index contributed by atoms with van der Waals surface area (Å²) in [6.45, 7) is 10.3. The standard InChI is InChI=1S/C20H28O7/c1-6-9(2)17(23)27-14-12-10(3)18(24)26-13(12)15-19(4,25)8-7-11(21)20(15,5)16(14)22/h6,11-16,21-22,25H,3,7-8H2,1-2,4-5H3/b9-6-/t11-,12+,13-,14+,15+,16-,19+,20+/m1/s1. The van der Waals surface area contributed by atoms with Crippen molar-refractivity contribution < 1.29 is 34.4 Å². The number of carbonyl (C=O) groups excluding carboxylic acids is 2. The summed E-state index contributed by atoms with van der Waals surface area (Å²) in [4.78, 5) is 24.6. The van der Waals surface area contributed by atoms with Gasteiger partial charge < -0.3 is 24.8 Å². The lowest BCUT2D eigenvalue weighted by Crippen LogP contribution is -2.71. The van der Waals surface area contributed by atoms with E-state index in [0.29, 0.717) is 12.0 Å². The molecule has 150 valence electrons. The van der Waals surface area contributed by atoms with Crippen molar-refractivity contribution in [2.75, 3.05) is 0 Å². The van der Waals surface area contributed by atoms with Crippen LogP contribution in [0.25, 0.3) is 0 Å². The molecule has 0 aromatic carbocycles. The minimum absolute atomic E-state index is 0.105. The molecule has 1 heterocycles. The molecule has 7 nitrogen and oxygen atoms in total. The highest BCUT2D eigenvalue weighted by molar-refractivity contribution is 5.92.